The van der Waals surface area contributed by atoms with Crippen LogP contribution in [0.4, 0.5) is 4.39 Å². The maximum absolute atomic E-state index is 13.7. The minimum Gasteiger partial charge on any atom is -0.493 e. The summed E-state index contributed by atoms with van der Waals surface area (Å²) in [6, 6.07) is 6.99. The Morgan fingerprint density at radius 1 is 1.27 bits per heavy atom. The number of nitrogens with zero attached hydrogens (tertiary/aromatic N) is 1. The zero-order chi connectivity index (χ0) is 23.8. The SMILES string of the molecule is Cc1ccc(OCCC(=O)N[C@H](CN2CC[C@@H](F)C2)[C@H](O)C2=C=C=C(OC(C)C)C=C2)cc1. The van der Waals surface area contributed by atoms with Crippen LogP contribution in [0.25, 0.3) is 0 Å². The van der Waals surface area contributed by atoms with Crippen LogP contribution < -0.4 is 10.1 Å². The molecule has 1 aromatic carbocycles. The molecule has 1 aromatic rings. The minimum atomic E-state index is -1.02. The van der Waals surface area contributed by atoms with E-state index in [1.54, 1.807) is 12.2 Å². The molecule has 2 aliphatic rings. The molecule has 3 atom stereocenters. The third-order valence-corrected chi connectivity index (χ3v) is 5.44. The number of amides is 1. The fraction of sp³-hybridized carbons (Fsp3) is 0.500. The fourth-order valence-electron chi connectivity index (χ4n) is 3.72. The van der Waals surface area contributed by atoms with Gasteiger partial charge in [-0.3, -0.25) is 9.69 Å². The summed E-state index contributed by atoms with van der Waals surface area (Å²) in [6.45, 7) is 7.27. The molecule has 1 saturated heterocycles. The van der Waals surface area contributed by atoms with Crippen molar-refractivity contribution in [3.63, 3.8) is 0 Å². The first-order chi connectivity index (χ1) is 15.8. The second-order valence-corrected chi connectivity index (χ2v) is 8.75. The molecule has 2 N–H and O–H groups in total. The maximum Gasteiger partial charge on any atom is 0.223 e. The molecule has 33 heavy (non-hydrogen) atoms. The highest BCUT2D eigenvalue weighted by atomic mass is 19.1. The number of likely N-dealkylation sites (tertiary alicyclic amines) is 1. The fourth-order valence-corrected chi connectivity index (χ4v) is 3.72. The predicted molar refractivity (Wildman–Crippen MR) is 125 cm³/mol. The normalized spacial score (nSPS) is 19.8. The average Bonchev–Trinajstić information content (AvgIpc) is 3.19. The van der Waals surface area contributed by atoms with Crippen LogP contribution in [0.15, 0.2) is 59.2 Å². The molecule has 0 bridgehead atoms. The monoisotopic (exact) mass is 456 g/mol. The molecule has 7 heteroatoms. The number of allylic oxidation sites excluding steroid dienone is 1. The van der Waals surface area contributed by atoms with E-state index < -0.39 is 18.3 Å². The van der Waals surface area contributed by atoms with Crippen LogP contribution in [0.3, 0.4) is 0 Å². The van der Waals surface area contributed by atoms with Crippen molar-refractivity contribution in [2.75, 3.05) is 26.2 Å². The molecule has 1 aliphatic carbocycles. The molecule has 3 rings (SSSR count). The zero-order valence-corrected chi connectivity index (χ0v) is 19.5. The summed E-state index contributed by atoms with van der Waals surface area (Å²) in [5.74, 6) is 0.991. The van der Waals surface area contributed by atoms with Crippen molar-refractivity contribution in [2.24, 2.45) is 0 Å². The molecule has 0 radical (unpaired) electrons. The number of ether oxygens (including phenoxy) is 2. The number of hydrogen-bond donors (Lipinski definition) is 2. The topological polar surface area (TPSA) is 71.0 Å². The number of aliphatic hydroxyl groups is 1. The number of halogens is 1. The van der Waals surface area contributed by atoms with Crippen molar-refractivity contribution < 1.29 is 23.8 Å². The number of rotatable bonds is 11. The van der Waals surface area contributed by atoms with Crippen LogP contribution in [-0.4, -0.2) is 66.6 Å². The van der Waals surface area contributed by atoms with Crippen molar-refractivity contribution in [1.29, 1.82) is 0 Å². The van der Waals surface area contributed by atoms with Gasteiger partial charge in [0, 0.05) is 25.2 Å². The van der Waals surface area contributed by atoms with Gasteiger partial charge in [0.05, 0.1) is 25.2 Å². The molecule has 1 heterocycles. The van der Waals surface area contributed by atoms with E-state index in [4.69, 9.17) is 9.47 Å². The van der Waals surface area contributed by atoms with Gasteiger partial charge >= 0.3 is 0 Å². The highest BCUT2D eigenvalue weighted by Gasteiger charge is 2.30. The highest BCUT2D eigenvalue weighted by Crippen LogP contribution is 2.18. The molecular weight excluding hydrogens is 423 g/mol. The summed E-state index contributed by atoms with van der Waals surface area (Å²) in [5, 5.41) is 13.9. The summed E-state index contributed by atoms with van der Waals surface area (Å²) < 4.78 is 24.9. The number of benzene rings is 1. The Morgan fingerprint density at radius 3 is 2.64 bits per heavy atom. The molecule has 178 valence electrons. The summed E-state index contributed by atoms with van der Waals surface area (Å²) in [5.41, 5.74) is 7.45. The molecule has 0 unspecified atom stereocenters. The van der Waals surface area contributed by atoms with Gasteiger partial charge in [0.2, 0.25) is 5.91 Å². The number of aliphatic hydroxyl groups excluding tert-OH is 1. The summed E-state index contributed by atoms with van der Waals surface area (Å²) in [6.07, 6.45) is 2.13. The lowest BCUT2D eigenvalue weighted by molar-refractivity contribution is -0.123. The summed E-state index contributed by atoms with van der Waals surface area (Å²) in [4.78, 5) is 14.5. The van der Waals surface area contributed by atoms with Gasteiger partial charge < -0.3 is 19.9 Å². The van der Waals surface area contributed by atoms with E-state index in [9.17, 15) is 14.3 Å². The van der Waals surface area contributed by atoms with Crippen LogP contribution in [-0.2, 0) is 9.53 Å². The standard InChI is InChI=1S/C26H33FN2O4/c1-18(2)33-23-10-6-20(7-11-23)26(31)24(17-29-14-12-21(27)16-29)28-25(30)13-15-32-22-8-4-19(3)5-9-22/h4-6,8-10,18,21,24,26,31H,12-17H2,1-3H3,(H,28,30)/t21-,24-,26-/m1/s1. The Kier molecular flexibility index (Phi) is 8.93. The van der Waals surface area contributed by atoms with Crippen LogP contribution in [0.5, 0.6) is 5.75 Å². The average molecular weight is 457 g/mol. The molecule has 0 spiro atoms. The lowest BCUT2D eigenvalue weighted by atomic mass is 10.00. The van der Waals surface area contributed by atoms with E-state index in [2.05, 4.69) is 16.8 Å². The van der Waals surface area contributed by atoms with E-state index in [-0.39, 0.29) is 25.0 Å². The Balaban J connectivity index is 1.63. The van der Waals surface area contributed by atoms with Gasteiger partial charge in [-0.05, 0) is 57.2 Å². The van der Waals surface area contributed by atoms with Gasteiger partial charge in [-0.2, -0.15) is 0 Å². The van der Waals surface area contributed by atoms with Gasteiger partial charge in [-0.15, -0.1) is 0 Å². The summed E-state index contributed by atoms with van der Waals surface area (Å²) >= 11 is 0. The first-order valence-corrected chi connectivity index (χ1v) is 11.4. The Bertz CT molecular complexity index is 944. The molecular formula is C26H33FN2O4. The van der Waals surface area contributed by atoms with Crippen LogP contribution in [0, 0.1) is 6.92 Å². The maximum atomic E-state index is 13.7. The van der Waals surface area contributed by atoms with Gasteiger partial charge in [0.1, 0.15) is 18.0 Å². The van der Waals surface area contributed by atoms with E-state index in [0.717, 1.165) is 5.56 Å². The molecule has 1 amide bonds. The number of alkyl halides is 1. The second kappa shape index (κ2) is 11.9. The highest BCUT2D eigenvalue weighted by molar-refractivity contribution is 5.76. The number of nitrogens with one attached hydrogen (secondary N) is 1. The quantitative estimate of drug-likeness (QED) is 0.501. The van der Waals surface area contributed by atoms with Crippen LogP contribution >= 0.6 is 0 Å². The van der Waals surface area contributed by atoms with Crippen LogP contribution in [0.2, 0.25) is 0 Å². The Hall–Kier alpha value is -2.82. The lowest BCUT2D eigenvalue weighted by Crippen LogP contribution is -2.50. The van der Waals surface area contributed by atoms with Gasteiger partial charge in [-0.25, -0.2) is 4.39 Å². The van der Waals surface area contributed by atoms with Gasteiger partial charge in [-0.1, -0.05) is 23.4 Å². The molecule has 0 saturated carbocycles. The number of carbonyl (C=O) groups excluding carboxylic acids is 1. The Labute approximate surface area is 195 Å². The first-order valence-electron chi connectivity index (χ1n) is 11.4. The van der Waals surface area contributed by atoms with Crippen LogP contribution in [0.1, 0.15) is 32.3 Å². The predicted octanol–water partition coefficient (Wildman–Crippen LogP) is 3.21. The van der Waals surface area contributed by atoms with Crippen molar-refractivity contribution in [3.05, 3.63) is 64.8 Å². The molecule has 6 nitrogen and oxygen atoms in total. The minimum absolute atomic E-state index is 0.00315. The van der Waals surface area contributed by atoms with E-state index in [1.807, 2.05) is 49.9 Å². The smallest absolute Gasteiger partial charge is 0.223 e. The van der Waals surface area contributed by atoms with E-state index in [0.29, 0.717) is 43.1 Å². The zero-order valence-electron chi connectivity index (χ0n) is 19.5. The van der Waals surface area contributed by atoms with E-state index >= 15 is 0 Å². The first kappa shape index (κ1) is 24.8. The largest absolute Gasteiger partial charge is 0.493 e. The third-order valence-electron chi connectivity index (χ3n) is 5.44. The van der Waals surface area contributed by atoms with Crippen molar-refractivity contribution >= 4 is 5.91 Å². The van der Waals surface area contributed by atoms with E-state index in [1.165, 1.54) is 0 Å². The Morgan fingerprint density at radius 2 is 2.03 bits per heavy atom. The van der Waals surface area contributed by atoms with Crippen molar-refractivity contribution in [3.8, 4) is 5.75 Å². The van der Waals surface area contributed by atoms with Gasteiger partial charge in [0.25, 0.3) is 0 Å². The summed E-state index contributed by atoms with van der Waals surface area (Å²) in [7, 11) is 0. The second-order valence-electron chi connectivity index (χ2n) is 8.75. The number of carbonyl (C=O) groups is 1. The van der Waals surface area contributed by atoms with Crippen molar-refractivity contribution in [1.82, 2.24) is 10.2 Å². The lowest BCUT2D eigenvalue weighted by Gasteiger charge is -2.28. The van der Waals surface area contributed by atoms with Gasteiger partial charge in [0.15, 0.2) is 5.76 Å². The van der Waals surface area contributed by atoms with Crippen molar-refractivity contribution in [2.45, 2.75) is 58.0 Å². The molecule has 1 fully saturated rings. The molecule has 1 aliphatic heterocycles. The third kappa shape index (κ3) is 7.92. The number of hydrogen-bond acceptors (Lipinski definition) is 5. The molecule has 0 aromatic heterocycles. The number of aryl methyl sites for hydroxylation is 1.